The summed E-state index contributed by atoms with van der Waals surface area (Å²) in [6.07, 6.45) is 0. The average molecular weight is 647 g/mol. The molecular weight excluding hydrogens is 621 g/mol. The van der Waals surface area contributed by atoms with Gasteiger partial charge in [0.1, 0.15) is 12.1 Å². The quantitative estimate of drug-likeness (QED) is 0.179. The number of hydrogen-bond donors (Lipinski definition) is 0. The van der Waals surface area contributed by atoms with Gasteiger partial charge < -0.3 is 4.57 Å². The van der Waals surface area contributed by atoms with E-state index in [1.807, 2.05) is 53.1 Å². The number of rotatable bonds is 4. The van der Waals surface area contributed by atoms with Crippen molar-refractivity contribution in [2.45, 2.75) is 0 Å². The first-order valence-corrected chi connectivity index (χ1v) is 16.7. The van der Waals surface area contributed by atoms with E-state index in [-0.39, 0.29) is 0 Å². The third-order valence-corrected chi connectivity index (χ3v) is 9.91. The van der Waals surface area contributed by atoms with E-state index in [9.17, 15) is 15.8 Å². The van der Waals surface area contributed by atoms with Crippen molar-refractivity contribution in [3.8, 4) is 57.3 Å². The van der Waals surface area contributed by atoms with Crippen molar-refractivity contribution in [1.82, 2.24) is 4.57 Å². The lowest BCUT2D eigenvalue weighted by molar-refractivity contribution is 1.16. The highest BCUT2D eigenvalue weighted by Crippen LogP contribution is 2.44. The lowest BCUT2D eigenvalue weighted by atomic mass is 9.85. The van der Waals surface area contributed by atoms with E-state index in [0.717, 1.165) is 44.1 Å². The fourth-order valence-electron chi connectivity index (χ4n) is 7.72. The van der Waals surface area contributed by atoms with E-state index in [1.54, 1.807) is 12.1 Å². The standard InChI is InChI=1S/C47H26N4/c48-27-30-18-25-44-41(26-30)36-12-8-9-17-43(36)51(44)47-34(28-49)23-24-35(42(47)29-50)31-19-21-33(22-20-31)46-39-15-6-4-13-37(39)45(32-10-2-1-3-11-32)38-14-5-7-16-40(38)46/h1-26H. The maximum Gasteiger partial charge on any atom is 0.102 e. The zero-order valence-corrected chi connectivity index (χ0v) is 27.3. The second-order valence-electron chi connectivity index (χ2n) is 12.6. The molecule has 0 N–H and O–H groups in total. The van der Waals surface area contributed by atoms with Gasteiger partial charge in [-0.3, -0.25) is 0 Å². The highest BCUT2D eigenvalue weighted by molar-refractivity contribution is 6.21. The summed E-state index contributed by atoms with van der Waals surface area (Å²) in [6.45, 7) is 0. The molecule has 51 heavy (non-hydrogen) atoms. The van der Waals surface area contributed by atoms with E-state index >= 15 is 0 Å². The van der Waals surface area contributed by atoms with E-state index in [2.05, 4.69) is 115 Å². The fraction of sp³-hybridized carbons (Fsp3) is 0. The molecule has 0 bridgehead atoms. The Hall–Kier alpha value is -7.45. The van der Waals surface area contributed by atoms with Crippen LogP contribution in [0.15, 0.2) is 158 Å². The normalized spacial score (nSPS) is 11.1. The maximum absolute atomic E-state index is 10.8. The molecule has 234 valence electrons. The summed E-state index contributed by atoms with van der Waals surface area (Å²) in [5.74, 6) is 0. The lowest BCUT2D eigenvalue weighted by Gasteiger charge is -2.18. The molecule has 0 aliphatic heterocycles. The monoisotopic (exact) mass is 646 g/mol. The van der Waals surface area contributed by atoms with E-state index in [0.29, 0.717) is 22.4 Å². The summed E-state index contributed by atoms with van der Waals surface area (Å²) >= 11 is 0. The Morgan fingerprint density at radius 1 is 0.392 bits per heavy atom. The van der Waals surface area contributed by atoms with E-state index in [1.165, 1.54) is 32.7 Å². The molecule has 9 aromatic rings. The van der Waals surface area contributed by atoms with Crippen molar-refractivity contribution in [2.24, 2.45) is 0 Å². The van der Waals surface area contributed by atoms with Crippen molar-refractivity contribution in [3.63, 3.8) is 0 Å². The van der Waals surface area contributed by atoms with E-state index < -0.39 is 0 Å². The molecule has 0 atom stereocenters. The van der Waals surface area contributed by atoms with Gasteiger partial charge in [0.2, 0.25) is 0 Å². The fourth-order valence-corrected chi connectivity index (χ4v) is 7.72. The summed E-state index contributed by atoms with van der Waals surface area (Å²) in [7, 11) is 0. The molecule has 1 aromatic heterocycles. The second kappa shape index (κ2) is 11.9. The van der Waals surface area contributed by atoms with Gasteiger partial charge in [0.05, 0.1) is 39.5 Å². The van der Waals surface area contributed by atoms with Crippen molar-refractivity contribution in [2.75, 3.05) is 0 Å². The van der Waals surface area contributed by atoms with Gasteiger partial charge in [-0.25, -0.2) is 0 Å². The van der Waals surface area contributed by atoms with Crippen LogP contribution in [0.3, 0.4) is 0 Å². The molecule has 4 nitrogen and oxygen atoms in total. The third-order valence-electron chi connectivity index (χ3n) is 9.91. The highest BCUT2D eigenvalue weighted by Gasteiger charge is 2.22. The number of fused-ring (bicyclic) bond motifs is 5. The molecule has 0 aliphatic rings. The molecule has 9 rings (SSSR count). The molecule has 8 aromatic carbocycles. The molecule has 0 spiro atoms. The SMILES string of the molecule is N#Cc1ccc2c(c1)c1ccccc1n2-c1c(C#N)ccc(-c2ccc(-c3c4ccccc4c(-c4ccccc4)c4ccccc34)cc2)c1C#N. The van der Waals surface area contributed by atoms with Crippen LogP contribution in [0, 0.1) is 34.0 Å². The largest absolute Gasteiger partial charge is 0.307 e. The third kappa shape index (κ3) is 4.58. The molecule has 0 saturated heterocycles. The van der Waals surface area contributed by atoms with E-state index in [4.69, 9.17) is 0 Å². The molecule has 0 saturated carbocycles. The zero-order valence-electron chi connectivity index (χ0n) is 27.3. The zero-order chi connectivity index (χ0) is 34.5. The molecule has 0 unspecified atom stereocenters. The van der Waals surface area contributed by atoms with Gasteiger partial charge >= 0.3 is 0 Å². The summed E-state index contributed by atoms with van der Waals surface area (Å²) in [6, 6.07) is 60.3. The van der Waals surface area contributed by atoms with Gasteiger partial charge in [-0.15, -0.1) is 0 Å². The number of hydrogen-bond acceptors (Lipinski definition) is 3. The van der Waals surface area contributed by atoms with Crippen LogP contribution in [0.4, 0.5) is 0 Å². The minimum Gasteiger partial charge on any atom is -0.307 e. The van der Waals surface area contributed by atoms with Gasteiger partial charge in [-0.05, 0) is 79.7 Å². The number of benzene rings is 8. The molecule has 1 heterocycles. The van der Waals surface area contributed by atoms with Crippen LogP contribution in [-0.4, -0.2) is 4.57 Å². The first-order valence-electron chi connectivity index (χ1n) is 16.7. The smallest absolute Gasteiger partial charge is 0.102 e. The molecule has 0 aliphatic carbocycles. The average Bonchev–Trinajstić information content (AvgIpc) is 3.52. The summed E-state index contributed by atoms with van der Waals surface area (Å²) in [5, 5.41) is 37.3. The van der Waals surface area contributed by atoms with Gasteiger partial charge in [0.15, 0.2) is 0 Å². The van der Waals surface area contributed by atoms with Crippen molar-refractivity contribution < 1.29 is 0 Å². The highest BCUT2D eigenvalue weighted by atomic mass is 15.0. The Bertz CT molecular complexity index is 2930. The molecule has 4 heteroatoms. The van der Waals surface area contributed by atoms with Crippen molar-refractivity contribution in [3.05, 3.63) is 174 Å². The van der Waals surface area contributed by atoms with Gasteiger partial charge in [0, 0.05) is 16.3 Å². The molecule has 0 fully saturated rings. The van der Waals surface area contributed by atoms with Crippen LogP contribution in [0.5, 0.6) is 0 Å². The number of nitrogens with zero attached hydrogens (tertiary/aromatic N) is 4. The van der Waals surface area contributed by atoms with Gasteiger partial charge in [-0.1, -0.05) is 127 Å². The maximum atomic E-state index is 10.8. The van der Waals surface area contributed by atoms with Crippen LogP contribution < -0.4 is 0 Å². The van der Waals surface area contributed by atoms with Crippen LogP contribution in [0.2, 0.25) is 0 Å². The predicted octanol–water partition coefficient (Wildman–Crippen LogP) is 11.7. The van der Waals surface area contributed by atoms with Crippen LogP contribution >= 0.6 is 0 Å². The Morgan fingerprint density at radius 3 is 1.51 bits per heavy atom. The first-order chi connectivity index (χ1) is 25.2. The molecular formula is C47H26N4. The van der Waals surface area contributed by atoms with Crippen LogP contribution in [-0.2, 0) is 0 Å². The summed E-state index contributed by atoms with van der Waals surface area (Å²) in [5.41, 5.74) is 9.85. The number of nitriles is 3. The number of para-hydroxylation sites is 1. The minimum atomic E-state index is 0.398. The predicted molar refractivity (Wildman–Crippen MR) is 206 cm³/mol. The molecule has 0 radical (unpaired) electrons. The number of aromatic nitrogens is 1. The van der Waals surface area contributed by atoms with Crippen molar-refractivity contribution in [1.29, 1.82) is 15.8 Å². The van der Waals surface area contributed by atoms with Gasteiger partial charge in [-0.2, -0.15) is 15.8 Å². The van der Waals surface area contributed by atoms with Gasteiger partial charge in [0.25, 0.3) is 0 Å². The van der Waals surface area contributed by atoms with Crippen LogP contribution in [0.1, 0.15) is 16.7 Å². The topological polar surface area (TPSA) is 76.3 Å². The lowest BCUT2D eigenvalue weighted by Crippen LogP contribution is -2.03. The Kier molecular flexibility index (Phi) is 6.93. The Balaban J connectivity index is 1.25. The summed E-state index contributed by atoms with van der Waals surface area (Å²) < 4.78 is 1.99. The first kappa shape index (κ1) is 29.7. The van der Waals surface area contributed by atoms with Crippen LogP contribution in [0.25, 0.3) is 82.4 Å². The second-order valence-corrected chi connectivity index (χ2v) is 12.6. The summed E-state index contributed by atoms with van der Waals surface area (Å²) in [4.78, 5) is 0. The molecule has 0 amide bonds. The minimum absolute atomic E-state index is 0.398. The van der Waals surface area contributed by atoms with Crippen molar-refractivity contribution >= 4 is 43.4 Å². The Labute approximate surface area is 294 Å². The Morgan fingerprint density at radius 2 is 0.922 bits per heavy atom.